The number of benzene rings is 1. The third kappa shape index (κ3) is 3.17. The zero-order valence-electron chi connectivity index (χ0n) is 14.6. The molecular weight excluding hydrogens is 348 g/mol. The van der Waals surface area contributed by atoms with E-state index in [2.05, 4.69) is 20.8 Å². The molecule has 27 heavy (non-hydrogen) atoms. The van der Waals surface area contributed by atoms with Crippen molar-refractivity contribution in [3.05, 3.63) is 46.6 Å². The van der Waals surface area contributed by atoms with Gasteiger partial charge in [0.2, 0.25) is 11.8 Å². The third-order valence-electron chi connectivity index (χ3n) is 4.95. The first-order chi connectivity index (χ1) is 13.1. The van der Waals surface area contributed by atoms with Crippen LogP contribution in [-0.4, -0.2) is 38.9 Å². The minimum absolute atomic E-state index is 0.179. The quantitative estimate of drug-likeness (QED) is 0.559. The summed E-state index contributed by atoms with van der Waals surface area (Å²) in [5, 5.41) is 12.4. The maximum absolute atomic E-state index is 13.0. The maximum Gasteiger partial charge on any atom is 0.255 e. The average molecular weight is 368 g/mol. The summed E-state index contributed by atoms with van der Waals surface area (Å²) in [6.45, 7) is 1.16. The molecule has 1 atom stereocenters. The molecule has 3 amide bonds. The van der Waals surface area contributed by atoms with Gasteiger partial charge in [-0.15, -0.1) is 0 Å². The number of H-pyrrole nitrogens is 1. The van der Waals surface area contributed by atoms with Gasteiger partial charge in [0.05, 0.1) is 5.69 Å². The van der Waals surface area contributed by atoms with Crippen molar-refractivity contribution in [3.63, 3.8) is 0 Å². The topological polar surface area (TPSA) is 133 Å². The van der Waals surface area contributed by atoms with Crippen LogP contribution >= 0.6 is 0 Å². The molecule has 1 saturated heterocycles. The van der Waals surface area contributed by atoms with E-state index in [0.717, 1.165) is 16.8 Å². The van der Waals surface area contributed by atoms with E-state index in [4.69, 9.17) is 5.73 Å². The average Bonchev–Trinajstić information content (AvgIpc) is 3.25. The Labute approximate surface area is 155 Å². The first-order valence-electron chi connectivity index (χ1n) is 8.80. The second kappa shape index (κ2) is 6.84. The second-order valence-corrected chi connectivity index (χ2v) is 6.69. The van der Waals surface area contributed by atoms with Crippen molar-refractivity contribution < 1.29 is 14.4 Å². The lowest BCUT2D eigenvalue weighted by Gasteiger charge is -2.29. The van der Waals surface area contributed by atoms with Crippen molar-refractivity contribution in [2.45, 2.75) is 38.5 Å². The van der Waals surface area contributed by atoms with Gasteiger partial charge in [0.1, 0.15) is 11.9 Å². The summed E-state index contributed by atoms with van der Waals surface area (Å²) in [4.78, 5) is 38.1. The van der Waals surface area contributed by atoms with E-state index in [9.17, 15) is 14.4 Å². The normalized spacial score (nSPS) is 19.2. The van der Waals surface area contributed by atoms with Crippen LogP contribution < -0.4 is 16.4 Å². The molecule has 2 aliphatic rings. The Morgan fingerprint density at radius 2 is 2.15 bits per heavy atom. The van der Waals surface area contributed by atoms with E-state index in [1.165, 1.54) is 0 Å². The van der Waals surface area contributed by atoms with Gasteiger partial charge in [-0.2, -0.15) is 5.10 Å². The molecule has 4 rings (SSSR count). The van der Waals surface area contributed by atoms with Crippen molar-refractivity contribution in [2.75, 3.05) is 5.32 Å². The summed E-state index contributed by atoms with van der Waals surface area (Å²) in [6, 6.07) is 6.88. The molecule has 1 aromatic heterocycles. The maximum atomic E-state index is 13.0. The molecule has 1 aromatic carbocycles. The predicted octanol–water partition coefficient (Wildman–Crippen LogP) is 0.242. The Kier molecular flexibility index (Phi) is 4.36. The van der Waals surface area contributed by atoms with Crippen molar-refractivity contribution in [3.8, 4) is 0 Å². The standard InChI is InChI=1S/C18H20N6O3/c19-7-12-6-14(23-22-12)20-8-10-2-1-3-11-9-24(18(27)16(10)11)13-4-5-15(25)21-17(13)26/h1-3,6,13H,4-5,7-9,19H2,(H2,20,22,23)(H,21,25,26). The number of nitrogens with zero attached hydrogens (tertiary/aromatic N) is 2. The van der Waals surface area contributed by atoms with Gasteiger partial charge >= 0.3 is 0 Å². The number of carbonyl (C=O) groups is 3. The summed E-state index contributed by atoms with van der Waals surface area (Å²) in [7, 11) is 0. The number of fused-ring (bicyclic) bond motifs is 1. The molecule has 3 heterocycles. The van der Waals surface area contributed by atoms with Crippen LogP contribution in [0, 0.1) is 0 Å². The molecule has 0 saturated carbocycles. The highest BCUT2D eigenvalue weighted by molar-refractivity contribution is 6.06. The highest BCUT2D eigenvalue weighted by Gasteiger charge is 2.39. The zero-order valence-corrected chi connectivity index (χ0v) is 14.6. The Balaban J connectivity index is 1.52. The second-order valence-electron chi connectivity index (χ2n) is 6.69. The van der Waals surface area contributed by atoms with Crippen LogP contribution in [0.4, 0.5) is 5.82 Å². The highest BCUT2D eigenvalue weighted by atomic mass is 16.2. The van der Waals surface area contributed by atoms with Gasteiger partial charge in [-0.05, 0) is 17.5 Å². The summed E-state index contributed by atoms with van der Waals surface area (Å²) >= 11 is 0. The van der Waals surface area contributed by atoms with Crippen LogP contribution in [-0.2, 0) is 29.2 Å². The summed E-state index contributed by atoms with van der Waals surface area (Å²) in [6.07, 6.45) is 0.598. The summed E-state index contributed by atoms with van der Waals surface area (Å²) in [5.74, 6) is -0.221. The van der Waals surface area contributed by atoms with E-state index in [-0.39, 0.29) is 18.2 Å². The molecule has 5 N–H and O–H groups in total. The minimum atomic E-state index is -0.609. The fourth-order valence-corrected chi connectivity index (χ4v) is 3.58. The van der Waals surface area contributed by atoms with Crippen LogP contribution in [0.1, 0.15) is 40.0 Å². The van der Waals surface area contributed by atoms with Crippen LogP contribution in [0.15, 0.2) is 24.3 Å². The molecule has 9 nitrogen and oxygen atoms in total. The Morgan fingerprint density at radius 3 is 2.89 bits per heavy atom. The number of rotatable bonds is 5. The minimum Gasteiger partial charge on any atom is -0.364 e. The fourth-order valence-electron chi connectivity index (χ4n) is 3.58. The number of piperidine rings is 1. The molecule has 0 spiro atoms. The van der Waals surface area contributed by atoms with Gasteiger partial charge in [-0.1, -0.05) is 18.2 Å². The number of aromatic nitrogens is 2. The van der Waals surface area contributed by atoms with E-state index in [1.54, 1.807) is 4.90 Å². The molecule has 1 fully saturated rings. The fraction of sp³-hybridized carbons (Fsp3) is 0.333. The number of amides is 3. The number of anilines is 1. The molecule has 0 radical (unpaired) electrons. The van der Waals surface area contributed by atoms with E-state index >= 15 is 0 Å². The number of hydrogen-bond donors (Lipinski definition) is 4. The van der Waals surface area contributed by atoms with Gasteiger partial charge in [-0.25, -0.2) is 0 Å². The smallest absolute Gasteiger partial charge is 0.255 e. The Morgan fingerprint density at radius 1 is 1.30 bits per heavy atom. The zero-order chi connectivity index (χ0) is 19.0. The molecule has 140 valence electrons. The third-order valence-corrected chi connectivity index (χ3v) is 4.95. The van der Waals surface area contributed by atoms with Gasteiger partial charge in [0.15, 0.2) is 0 Å². The number of hydrogen-bond acceptors (Lipinski definition) is 6. The molecule has 0 aliphatic carbocycles. The van der Waals surface area contributed by atoms with Gasteiger partial charge in [0, 0.05) is 37.7 Å². The molecule has 2 aromatic rings. The number of carbonyl (C=O) groups excluding carboxylic acids is 3. The van der Waals surface area contributed by atoms with Crippen molar-refractivity contribution >= 4 is 23.5 Å². The number of nitrogens with two attached hydrogens (primary N) is 1. The number of imide groups is 1. The monoisotopic (exact) mass is 368 g/mol. The van der Waals surface area contributed by atoms with Gasteiger partial charge in [-0.3, -0.25) is 24.8 Å². The van der Waals surface area contributed by atoms with E-state index < -0.39 is 11.9 Å². The predicted molar refractivity (Wildman–Crippen MR) is 96.3 cm³/mol. The molecule has 0 bridgehead atoms. The number of aromatic amines is 1. The lowest BCUT2D eigenvalue weighted by atomic mass is 10.0. The van der Waals surface area contributed by atoms with Crippen LogP contribution in [0.25, 0.3) is 0 Å². The Bertz CT molecular complexity index is 922. The van der Waals surface area contributed by atoms with Crippen molar-refractivity contribution in [1.82, 2.24) is 20.4 Å². The van der Waals surface area contributed by atoms with Crippen LogP contribution in [0.3, 0.4) is 0 Å². The highest BCUT2D eigenvalue weighted by Crippen LogP contribution is 2.30. The molecule has 1 unspecified atom stereocenters. The lowest BCUT2D eigenvalue weighted by Crippen LogP contribution is -2.52. The summed E-state index contributed by atoms with van der Waals surface area (Å²) in [5.41, 5.74) is 8.72. The summed E-state index contributed by atoms with van der Waals surface area (Å²) < 4.78 is 0. The van der Waals surface area contributed by atoms with Crippen LogP contribution in [0.2, 0.25) is 0 Å². The van der Waals surface area contributed by atoms with E-state index in [1.807, 2.05) is 24.3 Å². The molecule has 2 aliphatic heterocycles. The molecular formula is C18H20N6O3. The molecule has 9 heteroatoms. The largest absolute Gasteiger partial charge is 0.364 e. The van der Waals surface area contributed by atoms with Crippen molar-refractivity contribution in [2.24, 2.45) is 5.73 Å². The van der Waals surface area contributed by atoms with Gasteiger partial charge in [0.25, 0.3) is 5.91 Å². The Hall–Kier alpha value is -3.20. The number of nitrogens with one attached hydrogen (secondary N) is 3. The van der Waals surface area contributed by atoms with Gasteiger partial charge < -0.3 is 16.0 Å². The van der Waals surface area contributed by atoms with Crippen LogP contribution in [0.5, 0.6) is 0 Å². The lowest BCUT2D eigenvalue weighted by molar-refractivity contribution is -0.136. The SMILES string of the molecule is NCc1cc(NCc2cccc3c2C(=O)N(C2CCC(=O)NC2=O)C3)n[nH]1. The van der Waals surface area contributed by atoms with Crippen molar-refractivity contribution in [1.29, 1.82) is 0 Å². The first kappa shape index (κ1) is 17.2. The van der Waals surface area contributed by atoms with E-state index in [0.29, 0.717) is 37.4 Å². The first-order valence-corrected chi connectivity index (χ1v) is 8.80.